The van der Waals surface area contributed by atoms with Crippen molar-refractivity contribution >= 4 is 27.4 Å². The zero-order valence-corrected chi connectivity index (χ0v) is 16.9. The quantitative estimate of drug-likeness (QED) is 0.848. The molecule has 0 bridgehead atoms. The topological polar surface area (TPSA) is 92.3 Å². The third kappa shape index (κ3) is 3.87. The second kappa shape index (κ2) is 6.84. The summed E-state index contributed by atoms with van der Waals surface area (Å²) in [6.07, 6.45) is 9.18. The number of nitrogens with zero attached hydrogens (tertiary/aromatic N) is 3. The van der Waals surface area contributed by atoms with Crippen molar-refractivity contribution in [2.24, 2.45) is 5.41 Å². The SMILES string of the molecule is Cc1cnc(NC(=O)c2ccc(S(C)(=O)=O)cc2N2CCC3(CC2)CC3)nc1. The monoisotopic (exact) mass is 400 g/mol. The standard InChI is InChI=1S/C20H24N4O3S/c1-14-12-21-19(22-13-14)23-18(25)16-4-3-15(28(2,26)27)11-17(16)24-9-7-20(5-6-20)8-10-24/h3-4,11-13H,5-10H2,1-2H3,(H,21,22,23,25). The van der Waals surface area contributed by atoms with Crippen LogP contribution in [0.15, 0.2) is 35.5 Å². The van der Waals surface area contributed by atoms with Crippen LogP contribution in [-0.2, 0) is 9.84 Å². The van der Waals surface area contributed by atoms with Crippen molar-refractivity contribution in [2.45, 2.75) is 37.5 Å². The highest BCUT2D eigenvalue weighted by Gasteiger charge is 2.44. The molecule has 0 unspecified atom stereocenters. The summed E-state index contributed by atoms with van der Waals surface area (Å²) in [5, 5.41) is 2.71. The second-order valence-electron chi connectivity index (χ2n) is 7.98. The molecule has 1 aliphatic heterocycles. The first-order valence-corrected chi connectivity index (χ1v) is 11.3. The summed E-state index contributed by atoms with van der Waals surface area (Å²) < 4.78 is 24.1. The molecule has 1 aromatic heterocycles. The molecule has 2 aliphatic rings. The maximum atomic E-state index is 12.9. The van der Waals surface area contributed by atoms with Crippen molar-refractivity contribution in [1.82, 2.24) is 9.97 Å². The minimum absolute atomic E-state index is 0.220. The number of rotatable bonds is 4. The molecule has 1 N–H and O–H groups in total. The Bertz CT molecular complexity index is 1000. The van der Waals surface area contributed by atoms with Crippen LogP contribution in [0.4, 0.5) is 11.6 Å². The van der Waals surface area contributed by atoms with E-state index in [4.69, 9.17) is 0 Å². The normalized spacial score (nSPS) is 18.1. The van der Waals surface area contributed by atoms with E-state index in [0.29, 0.717) is 16.7 Å². The molecule has 1 aromatic carbocycles. The Morgan fingerprint density at radius 3 is 2.32 bits per heavy atom. The van der Waals surface area contributed by atoms with Gasteiger partial charge in [-0.25, -0.2) is 18.4 Å². The van der Waals surface area contributed by atoms with Gasteiger partial charge in [-0.15, -0.1) is 0 Å². The van der Waals surface area contributed by atoms with Gasteiger partial charge in [-0.05, 0) is 61.8 Å². The van der Waals surface area contributed by atoms with E-state index >= 15 is 0 Å². The molecule has 0 radical (unpaired) electrons. The number of anilines is 2. The van der Waals surface area contributed by atoms with Gasteiger partial charge in [0.15, 0.2) is 9.84 Å². The van der Waals surface area contributed by atoms with E-state index in [1.165, 1.54) is 25.2 Å². The Hall–Kier alpha value is -2.48. The van der Waals surface area contributed by atoms with Crippen molar-refractivity contribution in [2.75, 3.05) is 29.6 Å². The summed E-state index contributed by atoms with van der Waals surface area (Å²) in [6.45, 7) is 3.53. The van der Waals surface area contributed by atoms with Crippen LogP contribution < -0.4 is 10.2 Å². The molecule has 2 heterocycles. The maximum Gasteiger partial charge on any atom is 0.260 e. The Labute approximate surface area is 165 Å². The largest absolute Gasteiger partial charge is 0.371 e. The lowest BCUT2D eigenvalue weighted by Crippen LogP contribution is -2.35. The van der Waals surface area contributed by atoms with Gasteiger partial charge in [0.05, 0.1) is 16.1 Å². The van der Waals surface area contributed by atoms with E-state index in [0.717, 1.165) is 31.5 Å². The van der Waals surface area contributed by atoms with Crippen molar-refractivity contribution in [1.29, 1.82) is 0 Å². The molecule has 148 valence electrons. The van der Waals surface area contributed by atoms with E-state index in [1.54, 1.807) is 24.5 Å². The predicted octanol–water partition coefficient (Wildman–Crippen LogP) is 2.82. The first kappa shape index (κ1) is 18.9. The molecular weight excluding hydrogens is 376 g/mol. The zero-order chi connectivity index (χ0) is 19.9. The maximum absolute atomic E-state index is 12.9. The Balaban J connectivity index is 1.65. The average Bonchev–Trinajstić information content (AvgIpc) is 3.42. The van der Waals surface area contributed by atoms with Crippen LogP contribution in [-0.4, -0.2) is 43.6 Å². The van der Waals surface area contributed by atoms with Gasteiger partial charge in [0, 0.05) is 31.7 Å². The molecule has 28 heavy (non-hydrogen) atoms. The number of piperidine rings is 1. The minimum Gasteiger partial charge on any atom is -0.371 e. The van der Waals surface area contributed by atoms with Crippen LogP contribution in [0, 0.1) is 12.3 Å². The molecule has 2 aromatic rings. The number of carbonyl (C=O) groups is 1. The molecule has 1 aliphatic carbocycles. The number of carbonyl (C=O) groups excluding carboxylic acids is 1. The molecule has 8 heteroatoms. The molecule has 7 nitrogen and oxygen atoms in total. The number of sulfone groups is 1. The molecule has 1 amide bonds. The molecule has 0 atom stereocenters. The number of nitrogens with one attached hydrogen (secondary N) is 1. The summed E-state index contributed by atoms with van der Waals surface area (Å²) in [5.74, 6) is -0.116. The summed E-state index contributed by atoms with van der Waals surface area (Å²) in [6, 6.07) is 4.68. The lowest BCUT2D eigenvalue weighted by molar-refractivity contribution is 0.102. The molecule has 1 saturated carbocycles. The number of benzene rings is 1. The molecule has 1 saturated heterocycles. The van der Waals surface area contributed by atoms with E-state index in [-0.39, 0.29) is 16.8 Å². The van der Waals surface area contributed by atoms with Crippen LogP contribution in [0.5, 0.6) is 0 Å². The van der Waals surface area contributed by atoms with E-state index in [1.807, 2.05) is 6.92 Å². The van der Waals surface area contributed by atoms with Crippen LogP contribution in [0.2, 0.25) is 0 Å². The Morgan fingerprint density at radius 1 is 1.11 bits per heavy atom. The summed E-state index contributed by atoms with van der Waals surface area (Å²) in [4.78, 5) is 23.5. The predicted molar refractivity (Wildman–Crippen MR) is 107 cm³/mol. The lowest BCUT2D eigenvalue weighted by Gasteiger charge is -2.35. The summed E-state index contributed by atoms with van der Waals surface area (Å²) in [7, 11) is -3.36. The smallest absolute Gasteiger partial charge is 0.260 e. The van der Waals surface area contributed by atoms with Crippen LogP contribution >= 0.6 is 0 Å². The highest BCUT2D eigenvalue weighted by atomic mass is 32.2. The van der Waals surface area contributed by atoms with Crippen LogP contribution in [0.1, 0.15) is 41.6 Å². The Morgan fingerprint density at radius 2 is 1.75 bits per heavy atom. The highest BCUT2D eigenvalue weighted by Crippen LogP contribution is 2.54. The van der Waals surface area contributed by atoms with Gasteiger partial charge in [0.25, 0.3) is 5.91 Å². The molecule has 2 fully saturated rings. The zero-order valence-electron chi connectivity index (χ0n) is 16.1. The number of aromatic nitrogens is 2. The van der Waals surface area contributed by atoms with Gasteiger partial charge < -0.3 is 4.90 Å². The Kier molecular flexibility index (Phi) is 4.61. The summed E-state index contributed by atoms with van der Waals surface area (Å²) in [5.41, 5.74) is 2.48. The van der Waals surface area contributed by atoms with Crippen molar-refractivity contribution in [3.63, 3.8) is 0 Å². The van der Waals surface area contributed by atoms with Gasteiger partial charge in [-0.3, -0.25) is 10.1 Å². The van der Waals surface area contributed by atoms with Gasteiger partial charge in [-0.1, -0.05) is 0 Å². The van der Waals surface area contributed by atoms with Gasteiger partial charge >= 0.3 is 0 Å². The molecular formula is C20H24N4O3S. The third-order valence-corrected chi connectivity index (χ3v) is 6.88. The fourth-order valence-electron chi connectivity index (χ4n) is 3.72. The number of hydrogen-bond acceptors (Lipinski definition) is 6. The first-order valence-electron chi connectivity index (χ1n) is 9.45. The van der Waals surface area contributed by atoms with Gasteiger partial charge in [-0.2, -0.15) is 0 Å². The number of aryl methyl sites for hydroxylation is 1. The molecule has 1 spiro atoms. The van der Waals surface area contributed by atoms with E-state index < -0.39 is 9.84 Å². The lowest BCUT2D eigenvalue weighted by atomic mass is 9.93. The second-order valence-corrected chi connectivity index (χ2v) is 9.99. The fourth-order valence-corrected chi connectivity index (χ4v) is 4.36. The van der Waals surface area contributed by atoms with Crippen molar-refractivity contribution in [3.05, 3.63) is 41.7 Å². The number of hydrogen-bond donors (Lipinski definition) is 1. The first-order chi connectivity index (χ1) is 13.3. The minimum atomic E-state index is -3.36. The van der Waals surface area contributed by atoms with E-state index in [9.17, 15) is 13.2 Å². The van der Waals surface area contributed by atoms with Crippen LogP contribution in [0.3, 0.4) is 0 Å². The number of amides is 1. The summed E-state index contributed by atoms with van der Waals surface area (Å²) >= 11 is 0. The average molecular weight is 401 g/mol. The van der Waals surface area contributed by atoms with Gasteiger partial charge in [0.1, 0.15) is 0 Å². The highest BCUT2D eigenvalue weighted by molar-refractivity contribution is 7.90. The van der Waals surface area contributed by atoms with Crippen LogP contribution in [0.25, 0.3) is 0 Å². The van der Waals surface area contributed by atoms with Crippen molar-refractivity contribution in [3.8, 4) is 0 Å². The fraction of sp³-hybridized carbons (Fsp3) is 0.450. The van der Waals surface area contributed by atoms with Crippen molar-refractivity contribution < 1.29 is 13.2 Å². The third-order valence-electron chi connectivity index (χ3n) is 5.77. The van der Waals surface area contributed by atoms with Gasteiger partial charge in [0.2, 0.25) is 5.95 Å². The molecule has 4 rings (SSSR count). The van der Waals surface area contributed by atoms with E-state index in [2.05, 4.69) is 20.2 Å².